The molecule has 0 radical (unpaired) electrons. The fraction of sp³-hybridized carbons (Fsp3) is 0.190. The molecule has 2 heterocycles. The number of rotatable bonds is 1. The molecule has 0 saturated heterocycles. The largest absolute Gasteiger partial charge is 0.455 e. The van der Waals surface area contributed by atoms with E-state index in [1.165, 1.54) is 0 Å². The van der Waals surface area contributed by atoms with Crippen LogP contribution in [0.3, 0.4) is 0 Å². The van der Waals surface area contributed by atoms with Crippen LogP contribution in [0, 0.1) is 20.7 Å². The molecule has 0 amide bonds. The third kappa shape index (κ3) is 2.06. The van der Waals surface area contributed by atoms with Crippen LogP contribution in [0.4, 0.5) is 0 Å². The lowest BCUT2D eigenvalue weighted by Crippen LogP contribution is -2.31. The van der Waals surface area contributed by atoms with E-state index >= 15 is 0 Å². The summed E-state index contributed by atoms with van der Waals surface area (Å²) in [6.45, 7) is 1.77. The first-order valence-electron chi connectivity index (χ1n) is 9.19. The third-order valence-electron chi connectivity index (χ3n) is 4.49. The van der Waals surface area contributed by atoms with Gasteiger partial charge in [0.15, 0.2) is 6.20 Å². The van der Waals surface area contributed by atoms with Gasteiger partial charge in [-0.25, -0.2) is 4.57 Å². The normalized spacial score (nSPS) is 14.0. The summed E-state index contributed by atoms with van der Waals surface area (Å²) >= 11 is 0. The average Bonchev–Trinajstić information content (AvgIpc) is 2.94. The topological polar surface area (TPSA) is 17.0 Å². The predicted octanol–water partition coefficient (Wildman–Crippen LogP) is 5.00. The van der Waals surface area contributed by atoms with Crippen molar-refractivity contribution in [2.75, 3.05) is 0 Å². The molecule has 2 heteroatoms. The molecule has 0 aliphatic rings. The molecule has 4 aromatic rings. The van der Waals surface area contributed by atoms with Gasteiger partial charge in [-0.05, 0) is 37.9 Å². The first-order chi connectivity index (χ1) is 12.3. The number of hydrogen-bond donors (Lipinski definition) is 0. The molecule has 0 bridgehead atoms. The Morgan fingerprint density at radius 1 is 0.957 bits per heavy atom. The van der Waals surface area contributed by atoms with Crippen LogP contribution in [-0.4, -0.2) is 0 Å². The standard InChI is InChI=1S/C21H20NO/c1-13-9-10-17-16-7-5-6-8-19(16)23-21(17)20(13)18-11-14(2)15(3)12-22(18)4/h5-12H,1-4H3/q+1/i3D3. The van der Waals surface area contributed by atoms with E-state index in [-0.39, 0.29) is 0 Å². The van der Waals surface area contributed by atoms with Crippen molar-refractivity contribution in [1.29, 1.82) is 0 Å². The second-order valence-corrected chi connectivity index (χ2v) is 6.10. The van der Waals surface area contributed by atoms with Crippen molar-refractivity contribution in [2.24, 2.45) is 7.05 Å². The fourth-order valence-corrected chi connectivity index (χ4v) is 3.20. The summed E-state index contributed by atoms with van der Waals surface area (Å²) in [7, 11) is 1.88. The molecule has 0 N–H and O–H groups in total. The van der Waals surface area contributed by atoms with Crippen LogP contribution >= 0.6 is 0 Å². The van der Waals surface area contributed by atoms with E-state index in [0.717, 1.165) is 44.3 Å². The van der Waals surface area contributed by atoms with Gasteiger partial charge in [0.1, 0.15) is 18.2 Å². The third-order valence-corrected chi connectivity index (χ3v) is 4.49. The summed E-state index contributed by atoms with van der Waals surface area (Å²) in [5.74, 6) is 0. The Balaban J connectivity index is 2.06. The van der Waals surface area contributed by atoms with E-state index in [9.17, 15) is 0 Å². The van der Waals surface area contributed by atoms with E-state index in [1.54, 1.807) is 6.20 Å². The van der Waals surface area contributed by atoms with Crippen LogP contribution in [0.25, 0.3) is 33.2 Å². The number of aromatic nitrogens is 1. The summed E-state index contributed by atoms with van der Waals surface area (Å²) in [5.41, 5.74) is 5.85. The van der Waals surface area contributed by atoms with Gasteiger partial charge in [0.25, 0.3) is 0 Å². The summed E-state index contributed by atoms with van der Waals surface area (Å²) in [6.07, 6.45) is 1.71. The van der Waals surface area contributed by atoms with Crippen LogP contribution in [0.5, 0.6) is 0 Å². The molecule has 2 aromatic carbocycles. The molecule has 4 rings (SSSR count). The number of nitrogens with zero attached hydrogens (tertiary/aromatic N) is 1. The fourth-order valence-electron chi connectivity index (χ4n) is 3.20. The Morgan fingerprint density at radius 3 is 2.61 bits per heavy atom. The van der Waals surface area contributed by atoms with E-state index in [2.05, 4.69) is 25.1 Å². The lowest BCUT2D eigenvalue weighted by molar-refractivity contribution is -0.660. The predicted molar refractivity (Wildman–Crippen MR) is 94.5 cm³/mol. The second kappa shape index (κ2) is 4.95. The zero-order valence-corrected chi connectivity index (χ0v) is 13.5. The van der Waals surface area contributed by atoms with E-state index in [0.29, 0.717) is 5.56 Å². The molecule has 0 aliphatic heterocycles. The van der Waals surface area contributed by atoms with Crippen LogP contribution in [-0.2, 0) is 7.05 Å². The Morgan fingerprint density at radius 2 is 1.78 bits per heavy atom. The van der Waals surface area contributed by atoms with E-state index in [4.69, 9.17) is 8.53 Å². The van der Waals surface area contributed by atoms with E-state index in [1.807, 2.05) is 42.8 Å². The minimum absolute atomic E-state index is 0.373. The molecule has 2 aromatic heterocycles. The lowest BCUT2D eigenvalue weighted by Gasteiger charge is -2.07. The van der Waals surface area contributed by atoms with Crippen molar-refractivity contribution in [3.8, 4) is 11.3 Å². The highest BCUT2D eigenvalue weighted by Gasteiger charge is 2.21. The number of para-hydroxylation sites is 1. The van der Waals surface area contributed by atoms with Gasteiger partial charge in [0.2, 0.25) is 5.69 Å². The monoisotopic (exact) mass is 305 g/mol. The van der Waals surface area contributed by atoms with Crippen molar-refractivity contribution >= 4 is 21.9 Å². The highest BCUT2D eigenvalue weighted by molar-refractivity contribution is 6.09. The molecular weight excluding hydrogens is 282 g/mol. The lowest BCUT2D eigenvalue weighted by atomic mass is 9.99. The van der Waals surface area contributed by atoms with Crippen molar-refractivity contribution < 1.29 is 13.1 Å². The molecule has 0 saturated carbocycles. The van der Waals surface area contributed by atoms with Crippen LogP contribution in [0.2, 0.25) is 0 Å². The number of benzene rings is 2. The maximum atomic E-state index is 7.73. The number of fused-ring (bicyclic) bond motifs is 3. The van der Waals surface area contributed by atoms with Crippen LogP contribution < -0.4 is 4.57 Å². The molecular formula is C21H20NO+. The maximum absolute atomic E-state index is 7.73. The van der Waals surface area contributed by atoms with Gasteiger partial charge in [-0.1, -0.05) is 30.3 Å². The highest BCUT2D eigenvalue weighted by atomic mass is 16.3. The summed E-state index contributed by atoms with van der Waals surface area (Å²) in [4.78, 5) is 0. The van der Waals surface area contributed by atoms with Gasteiger partial charge in [-0.3, -0.25) is 0 Å². The Kier molecular flexibility index (Phi) is 2.37. The molecule has 0 fully saturated rings. The van der Waals surface area contributed by atoms with Gasteiger partial charge in [-0.2, -0.15) is 0 Å². The molecule has 2 nitrogen and oxygen atoms in total. The average molecular weight is 305 g/mol. The summed E-state index contributed by atoms with van der Waals surface area (Å²) in [6, 6.07) is 14.1. The molecule has 0 aliphatic carbocycles. The molecule has 0 spiro atoms. The quantitative estimate of drug-likeness (QED) is 0.452. The number of hydrogen-bond acceptors (Lipinski definition) is 1. The van der Waals surface area contributed by atoms with Crippen molar-refractivity contribution in [1.82, 2.24) is 0 Å². The Labute approximate surface area is 140 Å². The minimum Gasteiger partial charge on any atom is -0.455 e. The van der Waals surface area contributed by atoms with E-state index < -0.39 is 6.85 Å². The first kappa shape index (κ1) is 11.0. The van der Waals surface area contributed by atoms with Crippen LogP contribution in [0.15, 0.2) is 53.1 Å². The summed E-state index contributed by atoms with van der Waals surface area (Å²) < 4.78 is 31.3. The van der Waals surface area contributed by atoms with Gasteiger partial charge in [-0.15, -0.1) is 0 Å². The highest BCUT2D eigenvalue weighted by Crippen LogP contribution is 2.36. The molecule has 0 unspecified atom stereocenters. The number of furan rings is 1. The number of aryl methyl sites for hydroxylation is 4. The van der Waals surface area contributed by atoms with Gasteiger partial charge < -0.3 is 4.42 Å². The zero-order chi connectivity index (χ0) is 18.6. The van der Waals surface area contributed by atoms with Crippen LogP contribution in [0.1, 0.15) is 20.8 Å². The maximum Gasteiger partial charge on any atom is 0.216 e. The molecule has 0 atom stereocenters. The molecule has 114 valence electrons. The van der Waals surface area contributed by atoms with Crippen molar-refractivity contribution in [3.05, 3.63) is 65.4 Å². The zero-order valence-electron chi connectivity index (χ0n) is 16.5. The second-order valence-electron chi connectivity index (χ2n) is 6.10. The number of pyridine rings is 1. The molecule has 23 heavy (non-hydrogen) atoms. The Bertz CT molecular complexity index is 1160. The van der Waals surface area contributed by atoms with Crippen molar-refractivity contribution in [3.63, 3.8) is 0 Å². The van der Waals surface area contributed by atoms with Gasteiger partial charge in [0.05, 0.1) is 5.56 Å². The smallest absolute Gasteiger partial charge is 0.216 e. The van der Waals surface area contributed by atoms with Crippen molar-refractivity contribution in [2.45, 2.75) is 20.7 Å². The van der Waals surface area contributed by atoms with Gasteiger partial charge >= 0.3 is 0 Å². The van der Waals surface area contributed by atoms with Gasteiger partial charge in [0, 0.05) is 26.5 Å². The first-order valence-corrected chi connectivity index (χ1v) is 7.69. The minimum atomic E-state index is -2.12. The Hall–Kier alpha value is -2.61. The SMILES string of the molecule is [2H]C([2H])([2H])c1c[n+](C)c(-c2c(C)ccc3c2oc2ccccc23)cc1C. The summed E-state index contributed by atoms with van der Waals surface area (Å²) in [5, 5.41) is 2.15.